The molecule has 0 amide bonds. The van der Waals surface area contributed by atoms with Gasteiger partial charge in [0.15, 0.2) is 0 Å². The van der Waals surface area contributed by atoms with Crippen LogP contribution in [0.1, 0.15) is 0 Å². The predicted molar refractivity (Wildman–Crippen MR) is 122 cm³/mol. The Bertz CT molecular complexity index is 1110. The first-order valence-electron chi connectivity index (χ1n) is 9.79. The summed E-state index contributed by atoms with van der Waals surface area (Å²) in [6, 6.07) is 31.1. The molecule has 0 N–H and O–H groups in total. The lowest BCUT2D eigenvalue weighted by Gasteiger charge is -2.14. The first-order valence-corrected chi connectivity index (χ1v) is 9.79. The van der Waals surface area contributed by atoms with Crippen LogP contribution in [0.25, 0.3) is 33.4 Å². The molecule has 3 heteroatoms. The quantitative estimate of drug-likeness (QED) is 0.362. The summed E-state index contributed by atoms with van der Waals surface area (Å²) >= 11 is 0. The van der Waals surface area contributed by atoms with E-state index in [9.17, 15) is 0 Å². The van der Waals surface area contributed by atoms with Gasteiger partial charge in [0.25, 0.3) is 0 Å². The maximum absolute atomic E-state index is 5.33. The minimum Gasteiger partial charge on any atom is -0.497 e. The molecule has 0 aliphatic heterocycles. The highest BCUT2D eigenvalue weighted by atomic mass is 16.5. The molecule has 0 bridgehead atoms. The predicted octanol–water partition coefficient (Wildman–Crippen LogP) is 6.71. The van der Waals surface area contributed by atoms with Gasteiger partial charge in [-0.05, 0) is 75.8 Å². The molecule has 150 valence electrons. The Morgan fingerprint density at radius 2 is 0.733 bits per heavy atom. The maximum atomic E-state index is 5.33. The van der Waals surface area contributed by atoms with Crippen LogP contribution in [-0.4, -0.2) is 21.3 Å². The van der Waals surface area contributed by atoms with E-state index in [4.69, 9.17) is 14.2 Å². The van der Waals surface area contributed by atoms with E-state index >= 15 is 0 Å². The van der Waals surface area contributed by atoms with Gasteiger partial charge < -0.3 is 14.2 Å². The molecule has 0 aliphatic rings. The lowest BCUT2D eigenvalue weighted by molar-refractivity contribution is 0.414. The lowest BCUT2D eigenvalue weighted by atomic mass is 9.91. The van der Waals surface area contributed by atoms with Crippen molar-refractivity contribution in [3.05, 3.63) is 91.0 Å². The third kappa shape index (κ3) is 4.01. The zero-order valence-corrected chi connectivity index (χ0v) is 17.4. The molecule has 4 aromatic carbocycles. The minimum atomic E-state index is 0.844. The Labute approximate surface area is 177 Å². The Morgan fingerprint density at radius 1 is 0.367 bits per heavy atom. The molecule has 4 aromatic rings. The van der Waals surface area contributed by atoms with Crippen LogP contribution in [0.2, 0.25) is 0 Å². The first kappa shape index (κ1) is 19.6. The molecule has 30 heavy (non-hydrogen) atoms. The van der Waals surface area contributed by atoms with Crippen molar-refractivity contribution in [1.82, 2.24) is 0 Å². The van der Waals surface area contributed by atoms with Crippen molar-refractivity contribution in [2.45, 2.75) is 0 Å². The van der Waals surface area contributed by atoms with Gasteiger partial charge >= 0.3 is 0 Å². The summed E-state index contributed by atoms with van der Waals surface area (Å²) in [4.78, 5) is 0. The van der Waals surface area contributed by atoms with Gasteiger partial charge in [0.05, 0.1) is 21.3 Å². The molecule has 0 unspecified atom stereocenters. The van der Waals surface area contributed by atoms with Gasteiger partial charge in [-0.25, -0.2) is 0 Å². The SMILES string of the molecule is COc1ccc(-c2ccc(-c3ccc(OC)cc3)c(-c3ccc(OC)cc3)c2)cc1. The summed E-state index contributed by atoms with van der Waals surface area (Å²) in [5.41, 5.74) is 6.91. The standard InChI is InChI=1S/C27H24O3/c1-28-23-11-4-19(5-12-23)22-10-17-26(20-6-13-24(29-2)14-7-20)27(18-22)21-8-15-25(30-3)16-9-21/h4-18H,1-3H3. The smallest absolute Gasteiger partial charge is 0.118 e. The average Bonchev–Trinajstić information content (AvgIpc) is 2.84. The number of benzene rings is 4. The normalized spacial score (nSPS) is 10.5. The maximum Gasteiger partial charge on any atom is 0.118 e. The van der Waals surface area contributed by atoms with Crippen molar-refractivity contribution >= 4 is 0 Å². The molecule has 4 rings (SSSR count). The second kappa shape index (κ2) is 8.75. The molecule has 0 saturated heterocycles. The van der Waals surface area contributed by atoms with E-state index in [0.717, 1.165) is 45.1 Å². The number of methoxy groups -OCH3 is 3. The summed E-state index contributed by atoms with van der Waals surface area (Å²) in [6.45, 7) is 0. The average molecular weight is 396 g/mol. The van der Waals surface area contributed by atoms with Crippen molar-refractivity contribution in [2.75, 3.05) is 21.3 Å². The van der Waals surface area contributed by atoms with E-state index in [1.165, 1.54) is 5.56 Å². The lowest BCUT2D eigenvalue weighted by Crippen LogP contribution is -1.89. The van der Waals surface area contributed by atoms with Crippen molar-refractivity contribution in [3.8, 4) is 50.6 Å². The van der Waals surface area contributed by atoms with Crippen LogP contribution in [0.4, 0.5) is 0 Å². The third-order valence-corrected chi connectivity index (χ3v) is 5.24. The fraction of sp³-hybridized carbons (Fsp3) is 0.111. The van der Waals surface area contributed by atoms with Gasteiger partial charge in [-0.2, -0.15) is 0 Å². The molecular weight excluding hydrogens is 372 g/mol. The second-order valence-corrected chi connectivity index (χ2v) is 6.95. The van der Waals surface area contributed by atoms with Gasteiger partial charge in [-0.1, -0.05) is 48.5 Å². The third-order valence-electron chi connectivity index (χ3n) is 5.24. The van der Waals surface area contributed by atoms with Crippen LogP contribution in [-0.2, 0) is 0 Å². The van der Waals surface area contributed by atoms with E-state index in [1.54, 1.807) is 21.3 Å². The Hall–Kier alpha value is -3.72. The summed E-state index contributed by atoms with van der Waals surface area (Å²) < 4.78 is 15.9. The molecule has 0 radical (unpaired) electrons. The van der Waals surface area contributed by atoms with Crippen molar-refractivity contribution in [2.24, 2.45) is 0 Å². The molecule has 3 nitrogen and oxygen atoms in total. The summed E-state index contributed by atoms with van der Waals surface area (Å²) in [6.07, 6.45) is 0. The monoisotopic (exact) mass is 396 g/mol. The van der Waals surface area contributed by atoms with Crippen molar-refractivity contribution < 1.29 is 14.2 Å². The van der Waals surface area contributed by atoms with Gasteiger partial charge in [0.2, 0.25) is 0 Å². The zero-order chi connectivity index (χ0) is 20.9. The fourth-order valence-corrected chi connectivity index (χ4v) is 3.54. The number of hydrogen-bond donors (Lipinski definition) is 0. The van der Waals surface area contributed by atoms with Crippen LogP contribution in [0.5, 0.6) is 17.2 Å². The van der Waals surface area contributed by atoms with Crippen LogP contribution < -0.4 is 14.2 Å². The van der Waals surface area contributed by atoms with E-state index in [1.807, 2.05) is 36.4 Å². The summed E-state index contributed by atoms with van der Waals surface area (Å²) in [7, 11) is 5.05. The van der Waals surface area contributed by atoms with Gasteiger partial charge in [0, 0.05) is 0 Å². The molecule has 0 aliphatic carbocycles. The highest BCUT2D eigenvalue weighted by Gasteiger charge is 2.11. The zero-order valence-electron chi connectivity index (χ0n) is 17.4. The second-order valence-electron chi connectivity index (χ2n) is 6.95. The van der Waals surface area contributed by atoms with Crippen molar-refractivity contribution in [1.29, 1.82) is 0 Å². The van der Waals surface area contributed by atoms with Crippen LogP contribution in [0, 0.1) is 0 Å². The fourth-order valence-electron chi connectivity index (χ4n) is 3.54. The van der Waals surface area contributed by atoms with E-state index in [-0.39, 0.29) is 0 Å². The number of hydrogen-bond acceptors (Lipinski definition) is 3. The Balaban J connectivity index is 1.83. The number of ether oxygens (including phenoxy) is 3. The summed E-state index contributed by atoms with van der Waals surface area (Å²) in [5.74, 6) is 2.54. The van der Waals surface area contributed by atoms with E-state index in [2.05, 4.69) is 54.6 Å². The molecule has 0 atom stereocenters. The van der Waals surface area contributed by atoms with Crippen LogP contribution in [0.3, 0.4) is 0 Å². The highest BCUT2D eigenvalue weighted by molar-refractivity contribution is 5.87. The van der Waals surface area contributed by atoms with Gasteiger partial charge in [0.1, 0.15) is 17.2 Å². The minimum absolute atomic E-state index is 0.844. The highest BCUT2D eigenvalue weighted by Crippen LogP contribution is 2.37. The summed E-state index contributed by atoms with van der Waals surface area (Å²) in [5, 5.41) is 0. The largest absolute Gasteiger partial charge is 0.497 e. The van der Waals surface area contributed by atoms with Crippen LogP contribution >= 0.6 is 0 Å². The first-order chi connectivity index (χ1) is 14.7. The topological polar surface area (TPSA) is 27.7 Å². The molecular formula is C27H24O3. The number of rotatable bonds is 6. The van der Waals surface area contributed by atoms with E-state index in [0.29, 0.717) is 0 Å². The van der Waals surface area contributed by atoms with Crippen LogP contribution in [0.15, 0.2) is 91.0 Å². The molecule has 0 heterocycles. The van der Waals surface area contributed by atoms with Gasteiger partial charge in [-0.15, -0.1) is 0 Å². The molecule has 0 fully saturated rings. The van der Waals surface area contributed by atoms with E-state index < -0.39 is 0 Å². The molecule has 0 spiro atoms. The van der Waals surface area contributed by atoms with Gasteiger partial charge in [-0.3, -0.25) is 0 Å². The molecule has 0 saturated carbocycles. The Morgan fingerprint density at radius 3 is 1.17 bits per heavy atom. The van der Waals surface area contributed by atoms with Crippen molar-refractivity contribution in [3.63, 3.8) is 0 Å². The Kier molecular flexibility index (Phi) is 5.71. The molecule has 0 aromatic heterocycles.